The van der Waals surface area contributed by atoms with Crippen LogP contribution in [0.4, 0.5) is 0 Å². The summed E-state index contributed by atoms with van der Waals surface area (Å²) in [5, 5.41) is 11.7. The van der Waals surface area contributed by atoms with Gasteiger partial charge in [0.05, 0.1) is 17.7 Å². The molecule has 9 heteroatoms. The fraction of sp³-hybridized carbons (Fsp3) is 0.417. The Balaban J connectivity index is 3.08. The average molecular weight is 312 g/mol. The summed E-state index contributed by atoms with van der Waals surface area (Å²) in [6, 6.07) is -1.38. The molecule has 0 fully saturated rings. The summed E-state index contributed by atoms with van der Waals surface area (Å²) >= 11 is 1.25. The van der Waals surface area contributed by atoms with Crippen molar-refractivity contribution in [3.8, 4) is 0 Å². The standard InChI is InChI=1S/C12H16N4O4S/c1-5-9(11(21-3)15-6(2)14-5)10(18)16-7(12(19)20)4-8(13)17/h7H,4H2,1-3H3,(H2,13,17)(H,16,18)(H,19,20). The third-order valence-electron chi connectivity index (χ3n) is 2.60. The number of nitrogens with two attached hydrogens (primary N) is 1. The Morgan fingerprint density at radius 2 is 1.95 bits per heavy atom. The average Bonchev–Trinajstić information content (AvgIpc) is 2.35. The molecule has 0 saturated carbocycles. The Bertz CT molecular complexity index is 591. The van der Waals surface area contributed by atoms with Gasteiger partial charge in [0.25, 0.3) is 5.91 Å². The van der Waals surface area contributed by atoms with E-state index in [1.54, 1.807) is 20.1 Å². The van der Waals surface area contributed by atoms with Crippen LogP contribution in [-0.2, 0) is 9.59 Å². The molecule has 21 heavy (non-hydrogen) atoms. The van der Waals surface area contributed by atoms with Gasteiger partial charge in [-0.05, 0) is 20.1 Å². The predicted molar refractivity (Wildman–Crippen MR) is 76.0 cm³/mol. The van der Waals surface area contributed by atoms with Gasteiger partial charge < -0.3 is 16.2 Å². The van der Waals surface area contributed by atoms with Crippen LogP contribution in [0.1, 0.15) is 28.3 Å². The molecule has 0 aromatic carbocycles. The lowest BCUT2D eigenvalue weighted by Crippen LogP contribution is -2.43. The first-order valence-electron chi connectivity index (χ1n) is 5.97. The van der Waals surface area contributed by atoms with Crippen molar-refractivity contribution in [1.29, 1.82) is 0 Å². The van der Waals surface area contributed by atoms with Gasteiger partial charge in [0.1, 0.15) is 16.9 Å². The maximum absolute atomic E-state index is 12.2. The molecule has 8 nitrogen and oxygen atoms in total. The molecule has 0 aliphatic carbocycles. The minimum absolute atomic E-state index is 0.198. The molecular weight excluding hydrogens is 296 g/mol. The second-order valence-corrected chi connectivity index (χ2v) is 5.07. The van der Waals surface area contributed by atoms with E-state index in [4.69, 9.17) is 10.8 Å². The highest BCUT2D eigenvalue weighted by molar-refractivity contribution is 7.98. The molecule has 1 aromatic rings. The molecule has 114 valence electrons. The summed E-state index contributed by atoms with van der Waals surface area (Å²) in [5.41, 5.74) is 5.60. The number of thioether (sulfide) groups is 1. The number of nitrogens with zero attached hydrogens (tertiary/aromatic N) is 2. The summed E-state index contributed by atoms with van der Waals surface area (Å²) in [7, 11) is 0. The van der Waals surface area contributed by atoms with Crippen LogP contribution in [0.5, 0.6) is 0 Å². The topological polar surface area (TPSA) is 135 Å². The van der Waals surface area contributed by atoms with E-state index in [-0.39, 0.29) is 5.56 Å². The second kappa shape index (κ2) is 7.02. The number of aryl methyl sites for hydroxylation is 2. The van der Waals surface area contributed by atoms with Crippen LogP contribution >= 0.6 is 11.8 Å². The summed E-state index contributed by atoms with van der Waals surface area (Å²) in [6.07, 6.45) is 1.26. The van der Waals surface area contributed by atoms with Crippen molar-refractivity contribution in [2.24, 2.45) is 5.73 Å². The second-order valence-electron chi connectivity index (χ2n) is 4.28. The Morgan fingerprint density at radius 3 is 2.43 bits per heavy atom. The number of rotatable bonds is 6. The van der Waals surface area contributed by atoms with Crippen LogP contribution in [0.25, 0.3) is 0 Å². The number of hydrogen-bond donors (Lipinski definition) is 3. The fourth-order valence-electron chi connectivity index (χ4n) is 1.72. The molecule has 0 bridgehead atoms. The molecule has 0 saturated heterocycles. The van der Waals surface area contributed by atoms with Gasteiger partial charge in [-0.3, -0.25) is 9.59 Å². The Morgan fingerprint density at radius 1 is 1.33 bits per heavy atom. The maximum atomic E-state index is 12.2. The molecule has 2 amide bonds. The number of carboxylic acid groups (broad SMARTS) is 1. The number of aliphatic carboxylic acids is 1. The van der Waals surface area contributed by atoms with E-state index in [0.29, 0.717) is 16.5 Å². The van der Waals surface area contributed by atoms with Gasteiger partial charge in [-0.25, -0.2) is 14.8 Å². The van der Waals surface area contributed by atoms with E-state index in [1.165, 1.54) is 11.8 Å². The third-order valence-corrected chi connectivity index (χ3v) is 3.28. The molecule has 0 aliphatic rings. The maximum Gasteiger partial charge on any atom is 0.326 e. The molecule has 1 heterocycles. The first-order valence-corrected chi connectivity index (χ1v) is 7.20. The molecule has 1 atom stereocenters. The zero-order valence-electron chi connectivity index (χ0n) is 11.8. The Kier molecular flexibility index (Phi) is 5.65. The molecule has 0 aliphatic heterocycles. The van der Waals surface area contributed by atoms with E-state index in [9.17, 15) is 14.4 Å². The zero-order valence-corrected chi connectivity index (χ0v) is 12.7. The van der Waals surface area contributed by atoms with Gasteiger partial charge in [-0.2, -0.15) is 0 Å². The van der Waals surface area contributed by atoms with Crippen LogP contribution in [0.15, 0.2) is 5.03 Å². The number of amides is 2. The molecular formula is C12H16N4O4S. The quantitative estimate of drug-likeness (QED) is 0.492. The van der Waals surface area contributed by atoms with Crippen molar-refractivity contribution >= 4 is 29.5 Å². The lowest BCUT2D eigenvalue weighted by Gasteiger charge is -2.15. The van der Waals surface area contributed by atoms with Crippen LogP contribution in [-0.4, -0.2) is 45.2 Å². The SMILES string of the molecule is CSc1nc(C)nc(C)c1C(=O)NC(CC(N)=O)C(=O)O. The number of carbonyl (C=O) groups excluding carboxylic acids is 2. The van der Waals surface area contributed by atoms with Crippen molar-refractivity contribution < 1.29 is 19.5 Å². The number of nitrogens with one attached hydrogen (secondary N) is 1. The number of carboxylic acids is 1. The Labute approximate surface area is 125 Å². The number of primary amides is 1. The summed E-state index contributed by atoms with van der Waals surface area (Å²) in [5.74, 6) is -2.28. The number of hydrogen-bond acceptors (Lipinski definition) is 6. The minimum Gasteiger partial charge on any atom is -0.480 e. The fourth-order valence-corrected chi connectivity index (χ4v) is 2.39. The normalized spacial score (nSPS) is 11.8. The molecule has 1 unspecified atom stereocenters. The molecule has 1 rings (SSSR count). The summed E-state index contributed by atoms with van der Waals surface area (Å²) in [4.78, 5) is 42.3. The summed E-state index contributed by atoms with van der Waals surface area (Å²) < 4.78 is 0. The smallest absolute Gasteiger partial charge is 0.326 e. The van der Waals surface area contributed by atoms with Crippen LogP contribution < -0.4 is 11.1 Å². The highest BCUT2D eigenvalue weighted by Gasteiger charge is 2.25. The molecule has 4 N–H and O–H groups in total. The van der Waals surface area contributed by atoms with E-state index in [1.807, 2.05) is 0 Å². The van der Waals surface area contributed by atoms with Crippen molar-refractivity contribution in [3.63, 3.8) is 0 Å². The van der Waals surface area contributed by atoms with Crippen molar-refractivity contribution in [2.75, 3.05) is 6.26 Å². The van der Waals surface area contributed by atoms with Crippen LogP contribution in [0.2, 0.25) is 0 Å². The van der Waals surface area contributed by atoms with E-state index < -0.39 is 30.2 Å². The molecule has 0 spiro atoms. The van der Waals surface area contributed by atoms with Crippen LogP contribution in [0, 0.1) is 13.8 Å². The van der Waals surface area contributed by atoms with Crippen molar-refractivity contribution in [2.45, 2.75) is 31.3 Å². The van der Waals surface area contributed by atoms with Crippen molar-refractivity contribution in [1.82, 2.24) is 15.3 Å². The number of aromatic nitrogens is 2. The lowest BCUT2D eigenvalue weighted by molar-refractivity contribution is -0.140. The first kappa shape index (κ1) is 16.9. The third kappa shape index (κ3) is 4.42. The predicted octanol–water partition coefficient (Wildman–Crippen LogP) is -0.126. The highest BCUT2D eigenvalue weighted by atomic mass is 32.2. The van der Waals surface area contributed by atoms with Gasteiger partial charge in [-0.1, -0.05) is 0 Å². The monoisotopic (exact) mass is 312 g/mol. The van der Waals surface area contributed by atoms with Crippen LogP contribution in [0.3, 0.4) is 0 Å². The lowest BCUT2D eigenvalue weighted by atomic mass is 10.1. The number of carbonyl (C=O) groups is 3. The summed E-state index contributed by atoms with van der Waals surface area (Å²) in [6.45, 7) is 3.33. The van der Waals surface area contributed by atoms with Gasteiger partial charge in [0, 0.05) is 0 Å². The first-order chi connectivity index (χ1) is 9.76. The van der Waals surface area contributed by atoms with Crippen molar-refractivity contribution in [3.05, 3.63) is 17.1 Å². The van der Waals surface area contributed by atoms with Gasteiger partial charge in [0.15, 0.2) is 0 Å². The van der Waals surface area contributed by atoms with Gasteiger partial charge in [0.2, 0.25) is 5.91 Å². The Hall–Kier alpha value is -2.16. The zero-order chi connectivity index (χ0) is 16.2. The van der Waals surface area contributed by atoms with E-state index >= 15 is 0 Å². The largest absolute Gasteiger partial charge is 0.480 e. The highest BCUT2D eigenvalue weighted by Crippen LogP contribution is 2.20. The molecule has 0 radical (unpaired) electrons. The van der Waals surface area contributed by atoms with Gasteiger partial charge >= 0.3 is 5.97 Å². The van der Waals surface area contributed by atoms with E-state index in [2.05, 4.69) is 15.3 Å². The minimum atomic E-state index is -1.38. The van der Waals surface area contributed by atoms with E-state index in [0.717, 1.165) is 0 Å². The van der Waals surface area contributed by atoms with Gasteiger partial charge in [-0.15, -0.1) is 11.8 Å². The molecule has 1 aromatic heterocycles.